The second-order valence-electron chi connectivity index (χ2n) is 5.68. The lowest BCUT2D eigenvalue weighted by atomic mass is 9.96. The Morgan fingerprint density at radius 2 is 1.58 bits per heavy atom. The lowest BCUT2D eigenvalue weighted by Gasteiger charge is -2.22. The molecule has 2 aliphatic rings. The van der Waals surface area contributed by atoms with Gasteiger partial charge in [0.2, 0.25) is 5.91 Å². The predicted molar refractivity (Wildman–Crippen MR) is 73.8 cm³/mol. The summed E-state index contributed by atoms with van der Waals surface area (Å²) in [5.41, 5.74) is 0. The Morgan fingerprint density at radius 1 is 0.895 bits per heavy atom. The van der Waals surface area contributed by atoms with Crippen LogP contribution in [-0.2, 0) is 4.79 Å². The molecule has 0 aromatic rings. The normalized spacial score (nSPS) is 19.8. The van der Waals surface area contributed by atoms with Gasteiger partial charge in [0, 0.05) is 25.0 Å². The summed E-state index contributed by atoms with van der Waals surface area (Å²) in [6, 6.07) is 0.677. The van der Waals surface area contributed by atoms with Crippen LogP contribution in [-0.4, -0.2) is 30.6 Å². The van der Waals surface area contributed by atoms with E-state index in [-0.39, 0.29) is 11.9 Å². The van der Waals surface area contributed by atoms with Gasteiger partial charge in [0.05, 0.1) is 0 Å². The summed E-state index contributed by atoms with van der Waals surface area (Å²) in [7, 11) is 0. The zero-order valence-electron chi connectivity index (χ0n) is 11.5. The lowest BCUT2D eigenvalue weighted by Crippen LogP contribution is -2.43. The molecule has 3 N–H and O–H groups in total. The largest absolute Gasteiger partial charge is 0.353 e. The average molecular weight is 267 g/mol. The van der Waals surface area contributed by atoms with Crippen molar-refractivity contribution >= 4 is 11.9 Å². The highest BCUT2D eigenvalue weighted by Crippen LogP contribution is 2.18. The SMILES string of the molecule is O=C(CCCNC(=O)NC1CCCCC1)NC1CC1. The van der Waals surface area contributed by atoms with Gasteiger partial charge in [-0.05, 0) is 32.1 Å². The van der Waals surface area contributed by atoms with E-state index in [4.69, 9.17) is 0 Å². The van der Waals surface area contributed by atoms with Crippen molar-refractivity contribution in [3.05, 3.63) is 0 Å². The van der Waals surface area contributed by atoms with Crippen LogP contribution in [0.1, 0.15) is 57.8 Å². The maximum atomic E-state index is 11.6. The molecule has 0 saturated heterocycles. The zero-order chi connectivity index (χ0) is 13.5. The van der Waals surface area contributed by atoms with Gasteiger partial charge in [-0.3, -0.25) is 4.79 Å². The number of rotatable bonds is 6. The minimum atomic E-state index is -0.0884. The third kappa shape index (κ3) is 5.94. The van der Waals surface area contributed by atoms with E-state index in [2.05, 4.69) is 16.0 Å². The molecule has 0 heterocycles. The van der Waals surface area contributed by atoms with E-state index in [0.717, 1.165) is 25.7 Å². The van der Waals surface area contributed by atoms with E-state index in [9.17, 15) is 9.59 Å². The molecule has 5 nitrogen and oxygen atoms in total. The van der Waals surface area contributed by atoms with Crippen LogP contribution < -0.4 is 16.0 Å². The molecule has 2 aliphatic carbocycles. The van der Waals surface area contributed by atoms with Gasteiger partial charge < -0.3 is 16.0 Å². The monoisotopic (exact) mass is 267 g/mol. The van der Waals surface area contributed by atoms with Gasteiger partial charge in [0.1, 0.15) is 0 Å². The highest BCUT2D eigenvalue weighted by Gasteiger charge is 2.22. The second-order valence-corrected chi connectivity index (χ2v) is 5.68. The molecule has 108 valence electrons. The molecule has 0 aromatic carbocycles. The fourth-order valence-electron chi connectivity index (χ4n) is 2.46. The van der Waals surface area contributed by atoms with Gasteiger partial charge in [0.25, 0.3) is 0 Å². The van der Waals surface area contributed by atoms with Gasteiger partial charge in [-0.1, -0.05) is 19.3 Å². The van der Waals surface area contributed by atoms with Crippen LogP contribution in [0.3, 0.4) is 0 Å². The smallest absolute Gasteiger partial charge is 0.315 e. The summed E-state index contributed by atoms with van der Waals surface area (Å²) in [4.78, 5) is 23.0. The number of amides is 3. The van der Waals surface area contributed by atoms with E-state index < -0.39 is 0 Å². The van der Waals surface area contributed by atoms with Crippen molar-refractivity contribution < 1.29 is 9.59 Å². The Morgan fingerprint density at radius 3 is 2.26 bits per heavy atom. The van der Waals surface area contributed by atoms with Gasteiger partial charge in [-0.25, -0.2) is 4.79 Å². The molecule has 19 heavy (non-hydrogen) atoms. The molecule has 0 unspecified atom stereocenters. The van der Waals surface area contributed by atoms with E-state index in [1.54, 1.807) is 0 Å². The van der Waals surface area contributed by atoms with Crippen LogP contribution in [0.15, 0.2) is 0 Å². The average Bonchev–Trinajstić information content (AvgIpc) is 3.20. The molecule has 0 bridgehead atoms. The standard InChI is InChI=1S/C14H25N3O2/c18-13(16-12-8-9-12)7-4-10-15-14(19)17-11-5-2-1-3-6-11/h11-12H,1-10H2,(H,16,18)(H2,15,17,19). The van der Waals surface area contributed by atoms with E-state index in [1.165, 1.54) is 19.3 Å². The number of nitrogens with one attached hydrogen (secondary N) is 3. The van der Waals surface area contributed by atoms with Crippen molar-refractivity contribution in [3.63, 3.8) is 0 Å². The zero-order valence-corrected chi connectivity index (χ0v) is 11.5. The maximum absolute atomic E-state index is 11.6. The van der Waals surface area contributed by atoms with Crippen LogP contribution in [0.4, 0.5) is 4.79 Å². The van der Waals surface area contributed by atoms with Crippen molar-refractivity contribution in [2.75, 3.05) is 6.54 Å². The van der Waals surface area contributed by atoms with Gasteiger partial charge >= 0.3 is 6.03 Å². The summed E-state index contributed by atoms with van der Waals surface area (Å²) in [5, 5.41) is 8.76. The van der Waals surface area contributed by atoms with Crippen LogP contribution in [0.5, 0.6) is 0 Å². The Labute approximate surface area is 114 Å². The van der Waals surface area contributed by atoms with Gasteiger partial charge in [-0.2, -0.15) is 0 Å². The van der Waals surface area contributed by atoms with Crippen LogP contribution in [0.2, 0.25) is 0 Å². The molecule has 0 atom stereocenters. The predicted octanol–water partition coefficient (Wildman–Crippen LogP) is 1.68. The van der Waals surface area contributed by atoms with E-state index >= 15 is 0 Å². The van der Waals surface area contributed by atoms with Crippen LogP contribution in [0.25, 0.3) is 0 Å². The number of hydrogen-bond donors (Lipinski definition) is 3. The molecule has 5 heteroatoms. The first-order valence-corrected chi connectivity index (χ1v) is 7.58. The Kier molecular flexibility index (Phi) is 5.48. The molecule has 0 aromatic heterocycles. The first kappa shape index (κ1) is 14.2. The summed E-state index contributed by atoms with van der Waals surface area (Å²) in [6.45, 7) is 0.566. The summed E-state index contributed by atoms with van der Waals surface area (Å²) in [5.74, 6) is 0.108. The van der Waals surface area contributed by atoms with Crippen LogP contribution in [0, 0.1) is 0 Å². The van der Waals surface area contributed by atoms with Gasteiger partial charge in [-0.15, -0.1) is 0 Å². The highest BCUT2D eigenvalue weighted by molar-refractivity contribution is 5.77. The minimum absolute atomic E-state index is 0.0884. The maximum Gasteiger partial charge on any atom is 0.315 e. The van der Waals surface area contributed by atoms with Gasteiger partial charge in [0.15, 0.2) is 0 Å². The Bertz CT molecular complexity index is 310. The fraction of sp³-hybridized carbons (Fsp3) is 0.857. The molecule has 2 fully saturated rings. The van der Waals surface area contributed by atoms with Crippen molar-refractivity contribution in [3.8, 4) is 0 Å². The summed E-state index contributed by atoms with van der Waals surface area (Å²) in [6.07, 6.45) is 9.35. The Hall–Kier alpha value is -1.26. The first-order chi connectivity index (χ1) is 9.24. The molecule has 0 spiro atoms. The van der Waals surface area contributed by atoms with Crippen molar-refractivity contribution in [2.45, 2.75) is 69.9 Å². The van der Waals surface area contributed by atoms with Crippen molar-refractivity contribution in [1.82, 2.24) is 16.0 Å². The third-order valence-corrected chi connectivity index (χ3v) is 3.75. The molecular formula is C14H25N3O2. The number of urea groups is 1. The number of carbonyl (C=O) groups excluding carboxylic acids is 2. The molecule has 3 amide bonds. The van der Waals surface area contributed by atoms with Crippen molar-refractivity contribution in [2.24, 2.45) is 0 Å². The second kappa shape index (κ2) is 7.36. The molecule has 2 saturated carbocycles. The molecule has 0 aliphatic heterocycles. The quantitative estimate of drug-likeness (QED) is 0.641. The third-order valence-electron chi connectivity index (χ3n) is 3.75. The number of carbonyl (C=O) groups is 2. The molecule has 2 rings (SSSR count). The lowest BCUT2D eigenvalue weighted by molar-refractivity contribution is -0.121. The summed E-state index contributed by atoms with van der Waals surface area (Å²) < 4.78 is 0. The van der Waals surface area contributed by atoms with E-state index in [1.807, 2.05) is 0 Å². The highest BCUT2D eigenvalue weighted by atomic mass is 16.2. The first-order valence-electron chi connectivity index (χ1n) is 7.58. The number of hydrogen-bond acceptors (Lipinski definition) is 2. The molecular weight excluding hydrogens is 242 g/mol. The topological polar surface area (TPSA) is 70.2 Å². The molecule has 0 radical (unpaired) electrons. The van der Waals surface area contributed by atoms with Crippen molar-refractivity contribution in [1.29, 1.82) is 0 Å². The minimum Gasteiger partial charge on any atom is -0.353 e. The Balaban J connectivity index is 1.47. The van der Waals surface area contributed by atoms with E-state index in [0.29, 0.717) is 31.5 Å². The van der Waals surface area contributed by atoms with Crippen LogP contribution >= 0.6 is 0 Å². The summed E-state index contributed by atoms with van der Waals surface area (Å²) >= 11 is 0. The fourth-order valence-corrected chi connectivity index (χ4v) is 2.46.